The van der Waals surface area contributed by atoms with E-state index in [1.165, 1.54) is 10.8 Å². The minimum absolute atomic E-state index is 0.264. The van der Waals surface area contributed by atoms with Crippen LogP contribution < -0.4 is 4.80 Å². The molecule has 0 aliphatic heterocycles. The number of fused-ring (bicyclic) bond motifs is 1. The zero-order valence-corrected chi connectivity index (χ0v) is 15.6. The molecule has 3 aromatic carbocycles. The summed E-state index contributed by atoms with van der Waals surface area (Å²) >= 11 is 1.59. The van der Waals surface area contributed by atoms with Gasteiger partial charge in [0, 0.05) is 11.9 Å². The molecule has 4 aromatic rings. The van der Waals surface area contributed by atoms with Crippen LogP contribution in [0.1, 0.15) is 17.3 Å². The minimum atomic E-state index is -0.931. The first-order chi connectivity index (χ1) is 13.2. The molecule has 0 amide bonds. The summed E-state index contributed by atoms with van der Waals surface area (Å²) in [5, 5.41) is 13.6. The molecule has 0 fully saturated rings. The average molecular weight is 374 g/mol. The van der Waals surface area contributed by atoms with Crippen LogP contribution in [0.15, 0.2) is 77.1 Å². The molecular formula is C22H18N2O2S. The first-order valence-electron chi connectivity index (χ1n) is 8.71. The maximum absolute atomic E-state index is 11.0. The van der Waals surface area contributed by atoms with Crippen LogP contribution in [0, 0.1) is 0 Å². The summed E-state index contributed by atoms with van der Waals surface area (Å²) in [5.74, 6) is -0.931. The van der Waals surface area contributed by atoms with Gasteiger partial charge in [0.15, 0.2) is 4.80 Å². The Labute approximate surface area is 160 Å². The van der Waals surface area contributed by atoms with Crippen molar-refractivity contribution < 1.29 is 9.90 Å². The highest BCUT2D eigenvalue weighted by atomic mass is 32.1. The van der Waals surface area contributed by atoms with Crippen molar-refractivity contribution in [3.8, 4) is 11.3 Å². The van der Waals surface area contributed by atoms with Crippen LogP contribution in [0.3, 0.4) is 0 Å². The van der Waals surface area contributed by atoms with Crippen LogP contribution >= 0.6 is 11.3 Å². The van der Waals surface area contributed by atoms with E-state index in [9.17, 15) is 4.79 Å². The molecule has 134 valence electrons. The number of thiazole rings is 1. The van der Waals surface area contributed by atoms with Crippen molar-refractivity contribution in [2.45, 2.75) is 13.5 Å². The summed E-state index contributed by atoms with van der Waals surface area (Å²) in [6.07, 6.45) is 0. The zero-order valence-electron chi connectivity index (χ0n) is 14.8. The van der Waals surface area contributed by atoms with E-state index in [1.807, 2.05) is 6.07 Å². The largest absolute Gasteiger partial charge is 0.478 e. The Bertz CT molecular complexity index is 1190. The summed E-state index contributed by atoms with van der Waals surface area (Å²) in [4.78, 5) is 16.6. The summed E-state index contributed by atoms with van der Waals surface area (Å²) in [5.41, 5.74) is 3.30. The highest BCUT2D eigenvalue weighted by Gasteiger charge is 2.08. The SMILES string of the molecule is CCn1c(-c2ccc3ccccc3c2)csc1=Nc1ccc(C(=O)O)cc1. The number of benzene rings is 3. The lowest BCUT2D eigenvalue weighted by molar-refractivity contribution is 0.0697. The number of carboxylic acid groups (broad SMARTS) is 1. The number of rotatable bonds is 4. The van der Waals surface area contributed by atoms with Gasteiger partial charge in [0.1, 0.15) is 0 Å². The monoisotopic (exact) mass is 374 g/mol. The molecule has 4 nitrogen and oxygen atoms in total. The van der Waals surface area contributed by atoms with Gasteiger partial charge in [-0.1, -0.05) is 36.4 Å². The molecule has 0 unspecified atom stereocenters. The van der Waals surface area contributed by atoms with Gasteiger partial charge in [0.2, 0.25) is 0 Å². The highest BCUT2D eigenvalue weighted by Crippen LogP contribution is 2.25. The van der Waals surface area contributed by atoms with Crippen LogP contribution in [0.2, 0.25) is 0 Å². The maximum atomic E-state index is 11.0. The number of carboxylic acids is 1. The van der Waals surface area contributed by atoms with Crippen LogP contribution in [0.25, 0.3) is 22.0 Å². The number of aromatic carboxylic acids is 1. The number of hydrogen-bond acceptors (Lipinski definition) is 3. The Morgan fingerprint density at radius 2 is 1.78 bits per heavy atom. The third-order valence-corrected chi connectivity index (χ3v) is 5.36. The summed E-state index contributed by atoms with van der Waals surface area (Å²) in [6.45, 7) is 2.90. The minimum Gasteiger partial charge on any atom is -0.478 e. The molecule has 0 saturated heterocycles. The topological polar surface area (TPSA) is 54.6 Å². The van der Waals surface area contributed by atoms with Crippen LogP contribution in [-0.4, -0.2) is 15.6 Å². The van der Waals surface area contributed by atoms with Crippen molar-refractivity contribution in [2.24, 2.45) is 4.99 Å². The van der Waals surface area contributed by atoms with Crippen molar-refractivity contribution in [1.29, 1.82) is 0 Å². The van der Waals surface area contributed by atoms with E-state index in [1.54, 1.807) is 35.6 Å². The lowest BCUT2D eigenvalue weighted by atomic mass is 10.1. The molecule has 0 spiro atoms. The summed E-state index contributed by atoms with van der Waals surface area (Å²) in [6, 6.07) is 21.4. The van der Waals surface area contributed by atoms with Gasteiger partial charge < -0.3 is 9.67 Å². The summed E-state index contributed by atoms with van der Waals surface area (Å²) in [7, 11) is 0. The van der Waals surface area contributed by atoms with Gasteiger partial charge in [-0.05, 0) is 53.6 Å². The van der Waals surface area contributed by atoms with Crippen molar-refractivity contribution >= 4 is 33.8 Å². The highest BCUT2D eigenvalue weighted by molar-refractivity contribution is 7.07. The van der Waals surface area contributed by atoms with Crippen LogP contribution in [0.4, 0.5) is 5.69 Å². The molecule has 1 heterocycles. The number of hydrogen-bond donors (Lipinski definition) is 1. The molecule has 0 aliphatic carbocycles. The lowest BCUT2D eigenvalue weighted by Crippen LogP contribution is -2.14. The van der Waals surface area contributed by atoms with Gasteiger partial charge in [0.05, 0.1) is 16.9 Å². The summed E-state index contributed by atoms with van der Waals surface area (Å²) < 4.78 is 2.18. The van der Waals surface area contributed by atoms with Gasteiger partial charge in [-0.15, -0.1) is 11.3 Å². The Hall–Kier alpha value is -3.18. The quantitative estimate of drug-likeness (QED) is 0.525. The van der Waals surface area contributed by atoms with E-state index in [-0.39, 0.29) is 5.56 Å². The van der Waals surface area contributed by atoms with Gasteiger partial charge in [-0.3, -0.25) is 0 Å². The first kappa shape index (κ1) is 17.2. The molecule has 1 aromatic heterocycles. The van der Waals surface area contributed by atoms with E-state index in [0.717, 1.165) is 28.3 Å². The van der Waals surface area contributed by atoms with Crippen molar-refractivity contribution in [3.05, 3.63) is 82.5 Å². The molecule has 0 atom stereocenters. The predicted octanol–water partition coefficient (Wildman–Crippen LogP) is 5.32. The third kappa shape index (κ3) is 3.41. The third-order valence-electron chi connectivity index (χ3n) is 4.50. The Kier molecular flexibility index (Phi) is 4.60. The van der Waals surface area contributed by atoms with Gasteiger partial charge in [-0.2, -0.15) is 0 Å². The van der Waals surface area contributed by atoms with Gasteiger partial charge in [-0.25, -0.2) is 9.79 Å². The van der Waals surface area contributed by atoms with E-state index in [0.29, 0.717) is 0 Å². The predicted molar refractivity (Wildman–Crippen MR) is 110 cm³/mol. The van der Waals surface area contributed by atoms with Crippen molar-refractivity contribution in [1.82, 2.24) is 4.57 Å². The number of carbonyl (C=O) groups is 1. The Morgan fingerprint density at radius 1 is 1.04 bits per heavy atom. The van der Waals surface area contributed by atoms with Gasteiger partial charge >= 0.3 is 5.97 Å². The van der Waals surface area contributed by atoms with E-state index in [2.05, 4.69) is 53.3 Å². The fourth-order valence-corrected chi connectivity index (χ4v) is 4.09. The van der Waals surface area contributed by atoms with E-state index >= 15 is 0 Å². The van der Waals surface area contributed by atoms with E-state index < -0.39 is 5.97 Å². The van der Waals surface area contributed by atoms with Crippen molar-refractivity contribution in [3.63, 3.8) is 0 Å². The first-order valence-corrected chi connectivity index (χ1v) is 9.59. The second kappa shape index (κ2) is 7.21. The molecule has 0 bridgehead atoms. The number of aromatic nitrogens is 1. The molecule has 0 radical (unpaired) electrons. The fourth-order valence-electron chi connectivity index (χ4n) is 3.09. The Morgan fingerprint density at radius 3 is 2.48 bits per heavy atom. The van der Waals surface area contributed by atoms with Gasteiger partial charge in [0.25, 0.3) is 0 Å². The van der Waals surface area contributed by atoms with E-state index in [4.69, 9.17) is 10.1 Å². The number of nitrogens with zero attached hydrogens (tertiary/aromatic N) is 2. The molecule has 0 aliphatic rings. The lowest BCUT2D eigenvalue weighted by Gasteiger charge is -2.07. The van der Waals surface area contributed by atoms with Crippen LogP contribution in [0.5, 0.6) is 0 Å². The molecule has 4 rings (SSSR count). The average Bonchev–Trinajstić information content (AvgIpc) is 3.10. The fraction of sp³-hybridized carbons (Fsp3) is 0.0909. The second-order valence-electron chi connectivity index (χ2n) is 6.17. The standard InChI is InChI=1S/C22H18N2O2S/c1-2-24-20(18-8-7-15-5-3-4-6-17(15)13-18)14-27-22(24)23-19-11-9-16(10-12-19)21(25)26/h3-14H,2H2,1H3,(H,25,26). The molecular weight excluding hydrogens is 356 g/mol. The maximum Gasteiger partial charge on any atom is 0.335 e. The van der Waals surface area contributed by atoms with Crippen molar-refractivity contribution in [2.75, 3.05) is 0 Å². The zero-order chi connectivity index (χ0) is 18.8. The normalized spacial score (nSPS) is 11.8. The Balaban J connectivity index is 1.77. The molecule has 1 N–H and O–H groups in total. The smallest absolute Gasteiger partial charge is 0.335 e. The van der Waals surface area contributed by atoms with Crippen LogP contribution in [-0.2, 0) is 6.54 Å². The second-order valence-corrected chi connectivity index (χ2v) is 7.01. The molecule has 27 heavy (non-hydrogen) atoms. The molecule has 0 saturated carbocycles. The molecule has 5 heteroatoms.